The van der Waals surface area contributed by atoms with E-state index in [0.29, 0.717) is 12.8 Å². The molecular formula is C5H11ClN2O2. The molecule has 0 amide bonds. The SMILES string of the molecule is Cl.NNC1CC(C(=O)O)C1. The van der Waals surface area contributed by atoms with Crippen LogP contribution in [0.1, 0.15) is 12.8 Å². The third kappa shape index (κ3) is 1.83. The third-order valence-electron chi connectivity index (χ3n) is 1.72. The molecule has 4 nitrogen and oxygen atoms in total. The van der Waals surface area contributed by atoms with E-state index in [2.05, 4.69) is 5.43 Å². The summed E-state index contributed by atoms with van der Waals surface area (Å²) in [6.45, 7) is 0. The summed E-state index contributed by atoms with van der Waals surface area (Å²) in [5.41, 5.74) is 2.52. The molecule has 5 heteroatoms. The van der Waals surface area contributed by atoms with Gasteiger partial charge in [0.2, 0.25) is 0 Å². The number of halogens is 1. The van der Waals surface area contributed by atoms with Gasteiger partial charge < -0.3 is 5.11 Å². The molecular weight excluding hydrogens is 156 g/mol. The lowest BCUT2D eigenvalue weighted by molar-refractivity contribution is -0.145. The van der Waals surface area contributed by atoms with E-state index in [-0.39, 0.29) is 24.4 Å². The van der Waals surface area contributed by atoms with E-state index in [4.69, 9.17) is 10.9 Å². The van der Waals surface area contributed by atoms with E-state index in [0.717, 1.165) is 0 Å². The number of hydrogen-bond acceptors (Lipinski definition) is 3. The predicted octanol–water partition coefficient (Wildman–Crippen LogP) is -0.265. The summed E-state index contributed by atoms with van der Waals surface area (Å²) in [5, 5.41) is 8.38. The number of carboxylic acids is 1. The Kier molecular flexibility index (Phi) is 3.63. The second-order valence-electron chi connectivity index (χ2n) is 2.37. The first-order valence-electron chi connectivity index (χ1n) is 2.93. The highest BCUT2D eigenvalue weighted by Gasteiger charge is 2.33. The summed E-state index contributed by atoms with van der Waals surface area (Å²) < 4.78 is 0. The standard InChI is InChI=1S/C5H10N2O2.ClH/c6-7-4-1-3(2-4)5(8)9;/h3-4,7H,1-2,6H2,(H,8,9);1H. The van der Waals surface area contributed by atoms with Crippen LogP contribution < -0.4 is 11.3 Å². The van der Waals surface area contributed by atoms with Gasteiger partial charge in [-0.05, 0) is 12.8 Å². The lowest BCUT2D eigenvalue weighted by Gasteiger charge is -2.31. The van der Waals surface area contributed by atoms with Crippen molar-refractivity contribution in [1.29, 1.82) is 0 Å². The molecule has 4 N–H and O–H groups in total. The first kappa shape index (κ1) is 9.68. The molecule has 0 radical (unpaired) electrons. The van der Waals surface area contributed by atoms with E-state index in [1.165, 1.54) is 0 Å². The molecule has 0 atom stereocenters. The number of carboxylic acid groups (broad SMARTS) is 1. The van der Waals surface area contributed by atoms with Crippen LogP contribution in [-0.2, 0) is 4.79 Å². The molecule has 1 fully saturated rings. The zero-order valence-electron chi connectivity index (χ0n) is 5.41. The van der Waals surface area contributed by atoms with Crippen LogP contribution in [0.4, 0.5) is 0 Å². The molecule has 0 saturated heterocycles. The smallest absolute Gasteiger partial charge is 0.306 e. The van der Waals surface area contributed by atoms with Crippen LogP contribution in [0.15, 0.2) is 0 Å². The van der Waals surface area contributed by atoms with Crippen molar-refractivity contribution in [2.45, 2.75) is 18.9 Å². The minimum Gasteiger partial charge on any atom is -0.481 e. The topological polar surface area (TPSA) is 75.3 Å². The summed E-state index contributed by atoms with van der Waals surface area (Å²) in [6.07, 6.45) is 1.34. The van der Waals surface area contributed by atoms with Crippen molar-refractivity contribution in [3.05, 3.63) is 0 Å². The second kappa shape index (κ2) is 3.75. The molecule has 0 aromatic rings. The number of aliphatic carboxylic acids is 1. The molecule has 0 heterocycles. The molecule has 1 saturated carbocycles. The Morgan fingerprint density at radius 1 is 1.60 bits per heavy atom. The van der Waals surface area contributed by atoms with E-state index in [1.54, 1.807) is 0 Å². The minimum absolute atomic E-state index is 0. The number of rotatable bonds is 2. The van der Waals surface area contributed by atoms with Crippen LogP contribution in [0.5, 0.6) is 0 Å². The van der Waals surface area contributed by atoms with E-state index < -0.39 is 5.97 Å². The van der Waals surface area contributed by atoms with Crippen LogP contribution in [0.3, 0.4) is 0 Å². The fourth-order valence-electron chi connectivity index (χ4n) is 0.956. The average Bonchev–Trinajstić information content (AvgIpc) is 1.61. The molecule has 0 spiro atoms. The van der Waals surface area contributed by atoms with Gasteiger partial charge in [-0.15, -0.1) is 12.4 Å². The Hall–Kier alpha value is -0.320. The maximum absolute atomic E-state index is 10.2. The highest BCUT2D eigenvalue weighted by Crippen LogP contribution is 2.26. The molecule has 0 bridgehead atoms. The largest absolute Gasteiger partial charge is 0.481 e. The van der Waals surface area contributed by atoms with Gasteiger partial charge in [0.15, 0.2) is 0 Å². The quantitative estimate of drug-likeness (QED) is 0.390. The Labute approximate surface area is 65.2 Å². The van der Waals surface area contributed by atoms with Gasteiger partial charge in [-0.1, -0.05) is 0 Å². The fraction of sp³-hybridized carbons (Fsp3) is 0.800. The third-order valence-corrected chi connectivity index (χ3v) is 1.72. The summed E-state index contributed by atoms with van der Waals surface area (Å²) in [6, 6.07) is 0.228. The van der Waals surface area contributed by atoms with Crippen LogP contribution in [0.25, 0.3) is 0 Å². The van der Waals surface area contributed by atoms with E-state index in [9.17, 15) is 4.79 Å². The number of carbonyl (C=O) groups is 1. The summed E-state index contributed by atoms with van der Waals surface area (Å²) in [4.78, 5) is 10.2. The van der Waals surface area contributed by atoms with Gasteiger partial charge >= 0.3 is 5.97 Å². The van der Waals surface area contributed by atoms with Gasteiger partial charge in [0.05, 0.1) is 5.92 Å². The average molecular weight is 167 g/mol. The zero-order chi connectivity index (χ0) is 6.85. The molecule has 1 aliphatic rings. The molecule has 1 rings (SSSR count). The zero-order valence-corrected chi connectivity index (χ0v) is 6.23. The second-order valence-corrected chi connectivity index (χ2v) is 2.37. The van der Waals surface area contributed by atoms with Crippen LogP contribution in [-0.4, -0.2) is 17.1 Å². The fourth-order valence-corrected chi connectivity index (χ4v) is 0.956. The summed E-state index contributed by atoms with van der Waals surface area (Å²) >= 11 is 0. The van der Waals surface area contributed by atoms with Gasteiger partial charge in [-0.3, -0.25) is 16.1 Å². The van der Waals surface area contributed by atoms with Crippen molar-refractivity contribution in [2.24, 2.45) is 11.8 Å². The van der Waals surface area contributed by atoms with E-state index >= 15 is 0 Å². The number of hydrazine groups is 1. The normalized spacial score (nSPS) is 30.1. The van der Waals surface area contributed by atoms with Crippen molar-refractivity contribution in [3.8, 4) is 0 Å². The maximum atomic E-state index is 10.2. The Morgan fingerprint density at radius 3 is 2.40 bits per heavy atom. The number of nitrogens with two attached hydrogens (primary N) is 1. The van der Waals surface area contributed by atoms with Crippen LogP contribution in [0, 0.1) is 5.92 Å². The summed E-state index contributed by atoms with van der Waals surface area (Å²) in [5.74, 6) is 4.19. The van der Waals surface area contributed by atoms with Gasteiger partial charge in [0, 0.05) is 6.04 Å². The van der Waals surface area contributed by atoms with Gasteiger partial charge in [0.25, 0.3) is 0 Å². The number of nitrogens with one attached hydrogen (secondary N) is 1. The Balaban J connectivity index is 0.000000810. The summed E-state index contributed by atoms with van der Waals surface area (Å²) in [7, 11) is 0. The lowest BCUT2D eigenvalue weighted by atomic mass is 9.81. The molecule has 0 aromatic carbocycles. The number of hydrogen-bond donors (Lipinski definition) is 3. The highest BCUT2D eigenvalue weighted by molar-refractivity contribution is 5.85. The maximum Gasteiger partial charge on any atom is 0.306 e. The molecule has 1 aliphatic carbocycles. The van der Waals surface area contributed by atoms with Crippen molar-refractivity contribution in [1.82, 2.24) is 5.43 Å². The van der Waals surface area contributed by atoms with Crippen LogP contribution in [0.2, 0.25) is 0 Å². The molecule has 60 valence electrons. The Bertz CT molecular complexity index is 125. The Morgan fingerprint density at radius 2 is 2.10 bits per heavy atom. The monoisotopic (exact) mass is 166 g/mol. The van der Waals surface area contributed by atoms with Crippen LogP contribution >= 0.6 is 12.4 Å². The van der Waals surface area contributed by atoms with Gasteiger partial charge in [-0.25, -0.2) is 0 Å². The molecule has 10 heavy (non-hydrogen) atoms. The van der Waals surface area contributed by atoms with Crippen molar-refractivity contribution in [3.63, 3.8) is 0 Å². The van der Waals surface area contributed by atoms with Gasteiger partial charge in [-0.2, -0.15) is 0 Å². The van der Waals surface area contributed by atoms with Gasteiger partial charge in [0.1, 0.15) is 0 Å². The molecule has 0 aromatic heterocycles. The predicted molar refractivity (Wildman–Crippen MR) is 38.7 cm³/mol. The first-order chi connectivity index (χ1) is 4.24. The van der Waals surface area contributed by atoms with Crippen molar-refractivity contribution in [2.75, 3.05) is 0 Å². The first-order valence-corrected chi connectivity index (χ1v) is 2.93. The van der Waals surface area contributed by atoms with Crippen molar-refractivity contribution >= 4 is 18.4 Å². The lowest BCUT2D eigenvalue weighted by Crippen LogP contribution is -2.47. The highest BCUT2D eigenvalue weighted by atomic mass is 35.5. The van der Waals surface area contributed by atoms with Crippen molar-refractivity contribution < 1.29 is 9.90 Å². The minimum atomic E-state index is -0.707. The molecule has 0 aliphatic heterocycles. The molecule has 0 unspecified atom stereocenters. The van der Waals surface area contributed by atoms with E-state index in [1.807, 2.05) is 0 Å².